The van der Waals surface area contributed by atoms with Gasteiger partial charge in [-0.1, -0.05) is 0 Å². The predicted octanol–water partition coefficient (Wildman–Crippen LogP) is 1.17. The van der Waals surface area contributed by atoms with Crippen LogP contribution in [-0.2, 0) is 0 Å². The van der Waals surface area contributed by atoms with E-state index in [1.165, 1.54) is 0 Å². The molecule has 0 aromatic heterocycles. The molecule has 1 aliphatic heterocycles. The molecule has 0 aliphatic carbocycles. The van der Waals surface area contributed by atoms with Crippen molar-refractivity contribution in [3.8, 4) is 6.07 Å². The molecule has 3 heteroatoms. The van der Waals surface area contributed by atoms with Crippen LogP contribution in [0.2, 0.25) is 0 Å². The second-order valence-corrected chi connectivity index (χ2v) is 2.63. The fourth-order valence-corrected chi connectivity index (χ4v) is 0.957. The maximum absolute atomic E-state index is 9.20. The van der Waals surface area contributed by atoms with Crippen LogP contribution in [0.5, 0.6) is 0 Å². The minimum atomic E-state index is 0.224. The van der Waals surface area contributed by atoms with Crippen molar-refractivity contribution < 1.29 is 5.11 Å². The molecule has 1 N–H and O–H groups in total. The Bertz CT molecular complexity index is 270. The Kier molecular flexibility index (Phi) is 1.86. The molecule has 0 unspecified atom stereocenters. The minimum absolute atomic E-state index is 0.224. The minimum Gasteiger partial charge on any atom is -0.495 e. The Morgan fingerprint density at radius 3 is 2.91 bits per heavy atom. The predicted molar refractivity (Wildman–Crippen MR) is 41.7 cm³/mol. The molecule has 11 heavy (non-hydrogen) atoms. The molecule has 58 valence electrons. The number of allylic oxidation sites excluding steroid dienone is 2. The van der Waals surface area contributed by atoms with E-state index in [-0.39, 0.29) is 5.88 Å². The topological polar surface area (TPSA) is 47.3 Å². The molecule has 0 saturated heterocycles. The number of hydrogen-bond acceptors (Lipinski definition) is 3. The lowest BCUT2D eigenvalue weighted by atomic mass is 10.1. The summed E-state index contributed by atoms with van der Waals surface area (Å²) in [5, 5.41) is 17.8. The summed E-state index contributed by atoms with van der Waals surface area (Å²) in [6, 6.07) is 2.09. The van der Waals surface area contributed by atoms with Gasteiger partial charge in [-0.25, -0.2) is 0 Å². The van der Waals surface area contributed by atoms with Crippen LogP contribution in [0.1, 0.15) is 6.92 Å². The van der Waals surface area contributed by atoms with E-state index < -0.39 is 0 Å². The van der Waals surface area contributed by atoms with Crippen molar-refractivity contribution in [3.63, 3.8) is 0 Å². The molecule has 0 atom stereocenters. The van der Waals surface area contributed by atoms with Crippen molar-refractivity contribution in [3.05, 3.63) is 23.1 Å². The lowest BCUT2D eigenvalue weighted by Crippen LogP contribution is -2.23. The van der Waals surface area contributed by atoms with E-state index >= 15 is 0 Å². The van der Waals surface area contributed by atoms with Gasteiger partial charge in [0.1, 0.15) is 0 Å². The van der Waals surface area contributed by atoms with E-state index in [2.05, 4.69) is 6.07 Å². The van der Waals surface area contributed by atoms with Crippen molar-refractivity contribution in [2.75, 3.05) is 13.6 Å². The van der Waals surface area contributed by atoms with E-state index in [1.54, 1.807) is 18.0 Å². The second-order valence-electron chi connectivity index (χ2n) is 2.63. The highest BCUT2D eigenvalue weighted by Crippen LogP contribution is 2.15. The summed E-state index contributed by atoms with van der Waals surface area (Å²) in [6.07, 6.45) is 1.60. The van der Waals surface area contributed by atoms with Gasteiger partial charge in [0.15, 0.2) is 5.88 Å². The van der Waals surface area contributed by atoms with Crippen LogP contribution in [0.4, 0.5) is 0 Å². The van der Waals surface area contributed by atoms with Crippen molar-refractivity contribution in [1.82, 2.24) is 4.90 Å². The third-order valence-corrected chi connectivity index (χ3v) is 1.74. The van der Waals surface area contributed by atoms with Gasteiger partial charge in [-0.05, 0) is 12.5 Å². The summed E-state index contributed by atoms with van der Waals surface area (Å²) in [6.45, 7) is 2.33. The lowest BCUT2D eigenvalue weighted by Gasteiger charge is -2.21. The quantitative estimate of drug-likeness (QED) is 0.564. The van der Waals surface area contributed by atoms with E-state index in [1.807, 2.05) is 6.92 Å². The maximum Gasteiger partial charge on any atom is 0.187 e. The fraction of sp³-hybridized carbons (Fsp3) is 0.375. The summed E-state index contributed by atoms with van der Waals surface area (Å²) in [5.74, 6) is 0.224. The van der Waals surface area contributed by atoms with Gasteiger partial charge >= 0.3 is 0 Å². The summed E-state index contributed by atoms with van der Waals surface area (Å²) < 4.78 is 0. The third-order valence-electron chi connectivity index (χ3n) is 1.74. The van der Waals surface area contributed by atoms with E-state index in [4.69, 9.17) is 5.26 Å². The van der Waals surface area contributed by atoms with Crippen molar-refractivity contribution in [1.29, 1.82) is 5.26 Å². The van der Waals surface area contributed by atoms with E-state index in [0.29, 0.717) is 12.1 Å². The Labute approximate surface area is 65.9 Å². The highest BCUT2D eigenvalue weighted by Gasteiger charge is 2.13. The van der Waals surface area contributed by atoms with Gasteiger partial charge in [-0.2, -0.15) is 5.26 Å². The first kappa shape index (κ1) is 7.67. The zero-order valence-electron chi connectivity index (χ0n) is 6.63. The molecule has 1 rings (SSSR count). The first-order valence-electron chi connectivity index (χ1n) is 3.37. The first-order valence-corrected chi connectivity index (χ1v) is 3.37. The van der Waals surface area contributed by atoms with Gasteiger partial charge in [-0.15, -0.1) is 0 Å². The monoisotopic (exact) mass is 150 g/mol. The standard InChI is InChI=1S/C8H10N2O/c1-6-3-8(11)10(2)5-7(6)4-9/h3,11H,5H2,1-2H3. The van der Waals surface area contributed by atoms with Gasteiger partial charge in [0.25, 0.3) is 0 Å². The van der Waals surface area contributed by atoms with E-state index in [0.717, 1.165) is 5.57 Å². The zero-order valence-corrected chi connectivity index (χ0v) is 6.63. The highest BCUT2D eigenvalue weighted by atomic mass is 16.3. The number of hydrogen-bond donors (Lipinski definition) is 1. The van der Waals surface area contributed by atoms with Crippen LogP contribution in [0.15, 0.2) is 23.1 Å². The number of likely N-dealkylation sites (N-methyl/N-ethyl adjacent to an activating group) is 1. The van der Waals surface area contributed by atoms with Crippen molar-refractivity contribution in [2.24, 2.45) is 0 Å². The summed E-state index contributed by atoms with van der Waals surface area (Å²) in [5.41, 5.74) is 1.56. The maximum atomic E-state index is 9.20. The number of aliphatic hydroxyl groups is 1. The molecule has 0 fully saturated rings. The van der Waals surface area contributed by atoms with Crippen LogP contribution in [0.3, 0.4) is 0 Å². The molecule has 0 radical (unpaired) electrons. The van der Waals surface area contributed by atoms with Crippen molar-refractivity contribution >= 4 is 0 Å². The number of nitriles is 1. The highest BCUT2D eigenvalue weighted by molar-refractivity contribution is 5.38. The average Bonchev–Trinajstić information content (AvgIpc) is 1.97. The molecule has 0 bridgehead atoms. The van der Waals surface area contributed by atoms with Crippen molar-refractivity contribution in [2.45, 2.75) is 6.92 Å². The molecule has 0 aromatic carbocycles. The molecule has 0 saturated carbocycles. The van der Waals surface area contributed by atoms with E-state index in [9.17, 15) is 5.11 Å². The Hall–Kier alpha value is -1.43. The van der Waals surface area contributed by atoms with Gasteiger partial charge in [0.05, 0.1) is 18.2 Å². The SMILES string of the molecule is CC1=C(C#N)CN(C)C(O)=C1. The summed E-state index contributed by atoms with van der Waals surface area (Å²) in [4.78, 5) is 1.63. The molecule has 1 heterocycles. The Morgan fingerprint density at radius 2 is 2.36 bits per heavy atom. The lowest BCUT2D eigenvalue weighted by molar-refractivity contribution is 0.241. The average molecular weight is 150 g/mol. The number of aliphatic hydroxyl groups excluding tert-OH is 1. The summed E-state index contributed by atoms with van der Waals surface area (Å²) >= 11 is 0. The smallest absolute Gasteiger partial charge is 0.187 e. The van der Waals surface area contributed by atoms with Gasteiger partial charge in [0.2, 0.25) is 0 Å². The molecule has 0 aromatic rings. The van der Waals surface area contributed by atoms with Crippen LogP contribution >= 0.6 is 0 Å². The Morgan fingerprint density at radius 1 is 1.73 bits per heavy atom. The molecule has 0 spiro atoms. The van der Waals surface area contributed by atoms with Crippen LogP contribution < -0.4 is 0 Å². The largest absolute Gasteiger partial charge is 0.495 e. The zero-order chi connectivity index (χ0) is 8.43. The Balaban J connectivity index is 2.99. The molecular formula is C8H10N2O. The first-order chi connectivity index (χ1) is 5.15. The fourth-order valence-electron chi connectivity index (χ4n) is 0.957. The second kappa shape index (κ2) is 2.67. The van der Waals surface area contributed by atoms with Gasteiger partial charge < -0.3 is 10.0 Å². The molecule has 0 amide bonds. The van der Waals surface area contributed by atoms with Gasteiger partial charge in [0, 0.05) is 13.1 Å². The van der Waals surface area contributed by atoms with Crippen LogP contribution in [0.25, 0.3) is 0 Å². The van der Waals surface area contributed by atoms with Gasteiger partial charge in [-0.3, -0.25) is 0 Å². The third kappa shape index (κ3) is 1.35. The molecule has 1 aliphatic rings. The molecule has 3 nitrogen and oxygen atoms in total. The molecular weight excluding hydrogens is 140 g/mol. The normalized spacial score (nSPS) is 17.9. The number of nitrogens with zero attached hydrogens (tertiary/aromatic N) is 2. The summed E-state index contributed by atoms with van der Waals surface area (Å²) in [7, 11) is 1.75. The van der Waals surface area contributed by atoms with Crippen LogP contribution in [0, 0.1) is 11.3 Å². The number of rotatable bonds is 0. The van der Waals surface area contributed by atoms with Crippen LogP contribution in [-0.4, -0.2) is 23.6 Å².